The van der Waals surface area contributed by atoms with Gasteiger partial charge in [0.1, 0.15) is 0 Å². The largest absolute Gasteiger partial charge is 0.368 e. The fraction of sp³-hybridized carbons (Fsp3) is 0.429. The van der Waals surface area contributed by atoms with Crippen LogP contribution in [0.3, 0.4) is 0 Å². The zero-order valence-electron chi connectivity index (χ0n) is 6.16. The van der Waals surface area contributed by atoms with E-state index >= 15 is 0 Å². The Balaban J connectivity index is 0.000000112. The quantitative estimate of drug-likeness (QED) is 0.577. The molecule has 2 heterocycles. The lowest BCUT2D eigenvalue weighted by molar-refractivity contribution is -0.532. The predicted molar refractivity (Wildman–Crippen MR) is 38.4 cm³/mol. The molecule has 1 aromatic heterocycles. The van der Waals surface area contributed by atoms with Crippen molar-refractivity contribution in [3.63, 3.8) is 0 Å². The summed E-state index contributed by atoms with van der Waals surface area (Å²) in [7, 11) is 0. The highest BCUT2D eigenvalue weighted by molar-refractivity contribution is 4.84. The van der Waals surface area contributed by atoms with Crippen LogP contribution in [0.4, 0.5) is 0 Å². The maximum atomic E-state index is 4.35. The highest BCUT2D eigenvalue weighted by atomic mass is 17.5. The molecule has 0 atom stereocenters. The van der Waals surface area contributed by atoms with Gasteiger partial charge in [-0.25, -0.2) is 9.78 Å². The van der Waals surface area contributed by atoms with Gasteiger partial charge in [-0.3, -0.25) is 0 Å². The van der Waals surface area contributed by atoms with E-state index in [9.17, 15) is 0 Å². The van der Waals surface area contributed by atoms with Crippen LogP contribution in [0.1, 0.15) is 6.42 Å². The Morgan fingerprint density at radius 1 is 1.00 bits per heavy atom. The zero-order valence-corrected chi connectivity index (χ0v) is 6.16. The van der Waals surface area contributed by atoms with Crippen molar-refractivity contribution in [2.24, 2.45) is 0 Å². The number of hydrogen-bond donors (Lipinski definition) is 1. The summed E-state index contributed by atoms with van der Waals surface area (Å²) in [5, 5.41) is 4.07. The summed E-state index contributed by atoms with van der Waals surface area (Å²) in [6.07, 6.45) is 4.68. The molecule has 0 aliphatic carbocycles. The van der Waals surface area contributed by atoms with Crippen LogP contribution in [0.15, 0.2) is 24.5 Å². The van der Waals surface area contributed by atoms with Gasteiger partial charge in [0.25, 0.3) is 0 Å². The van der Waals surface area contributed by atoms with Crippen LogP contribution < -0.4 is 0 Å². The average Bonchev–Trinajstić information content (AvgIpc) is 2.64. The third kappa shape index (κ3) is 4.55. The topological polar surface area (TPSA) is 43.5 Å². The molecule has 0 amide bonds. The summed E-state index contributed by atoms with van der Waals surface area (Å²) in [5.74, 6) is 0. The first-order chi connectivity index (χ1) is 5.50. The lowest BCUT2D eigenvalue weighted by atomic mass is 10.5. The summed E-state index contributed by atoms with van der Waals surface area (Å²) < 4.78 is 0. The van der Waals surface area contributed by atoms with Crippen molar-refractivity contribution in [2.75, 3.05) is 13.2 Å². The Bertz CT molecular complexity index is 120. The third-order valence-corrected chi connectivity index (χ3v) is 1.05. The standard InChI is InChI=1S/C4H5N.C3H6O3/c1-2-4-5-3-1;1-2-4-6-5-3-1/h1-5H;1-3H2. The van der Waals surface area contributed by atoms with E-state index in [4.69, 9.17) is 0 Å². The smallest absolute Gasteiger partial charge is 0.0877 e. The van der Waals surface area contributed by atoms with Crippen LogP contribution in [0.5, 0.6) is 0 Å². The van der Waals surface area contributed by atoms with E-state index < -0.39 is 0 Å². The van der Waals surface area contributed by atoms with Gasteiger partial charge in [-0.05, 0) is 12.1 Å². The highest BCUT2D eigenvalue weighted by Gasteiger charge is 1.96. The van der Waals surface area contributed by atoms with Crippen molar-refractivity contribution in [3.8, 4) is 0 Å². The van der Waals surface area contributed by atoms with Gasteiger partial charge in [0.2, 0.25) is 0 Å². The fourth-order valence-electron chi connectivity index (χ4n) is 0.557. The van der Waals surface area contributed by atoms with Crippen molar-refractivity contribution in [3.05, 3.63) is 24.5 Å². The van der Waals surface area contributed by atoms with Crippen molar-refractivity contribution >= 4 is 0 Å². The second kappa shape index (κ2) is 5.91. The van der Waals surface area contributed by atoms with Gasteiger partial charge >= 0.3 is 0 Å². The number of aromatic nitrogens is 1. The van der Waals surface area contributed by atoms with Crippen molar-refractivity contribution in [1.29, 1.82) is 0 Å². The lowest BCUT2D eigenvalue weighted by Gasteiger charge is -2.06. The summed E-state index contributed by atoms with van der Waals surface area (Å²) in [5.41, 5.74) is 0. The number of aromatic amines is 1. The van der Waals surface area contributed by atoms with Crippen LogP contribution in [-0.2, 0) is 14.8 Å². The summed E-state index contributed by atoms with van der Waals surface area (Å²) in [6.45, 7) is 1.31. The molecule has 0 unspecified atom stereocenters. The molecule has 62 valence electrons. The van der Waals surface area contributed by atoms with E-state index in [1.807, 2.05) is 24.5 Å². The van der Waals surface area contributed by atoms with Gasteiger partial charge < -0.3 is 4.98 Å². The fourth-order valence-corrected chi connectivity index (χ4v) is 0.557. The molecule has 2 rings (SSSR count). The molecular weight excluding hydrogens is 146 g/mol. The molecule has 1 aliphatic heterocycles. The van der Waals surface area contributed by atoms with Gasteiger partial charge in [0.15, 0.2) is 0 Å². The second-order valence-electron chi connectivity index (χ2n) is 1.95. The molecule has 4 heteroatoms. The van der Waals surface area contributed by atoms with E-state index in [1.54, 1.807) is 0 Å². The first kappa shape index (κ1) is 8.26. The average molecular weight is 157 g/mol. The van der Waals surface area contributed by atoms with Gasteiger partial charge in [-0.2, -0.15) is 0 Å². The SMILES string of the molecule is C1COOOC1.c1cc[nH]c1. The predicted octanol–water partition coefficient (Wildman–Crippen LogP) is 1.28. The lowest BCUT2D eigenvalue weighted by Crippen LogP contribution is -2.08. The van der Waals surface area contributed by atoms with Crippen molar-refractivity contribution in [2.45, 2.75) is 6.42 Å². The van der Waals surface area contributed by atoms with E-state index in [0.717, 1.165) is 6.42 Å². The third-order valence-electron chi connectivity index (χ3n) is 1.05. The Labute approximate surface area is 64.9 Å². The normalized spacial score (nSPS) is 16.7. The van der Waals surface area contributed by atoms with Crippen molar-refractivity contribution in [1.82, 2.24) is 4.98 Å². The van der Waals surface area contributed by atoms with Gasteiger partial charge in [-0.1, -0.05) is 5.04 Å². The van der Waals surface area contributed by atoms with Crippen LogP contribution in [0, 0.1) is 0 Å². The van der Waals surface area contributed by atoms with Crippen LogP contribution in [0.25, 0.3) is 0 Å². The molecule has 1 aromatic rings. The van der Waals surface area contributed by atoms with Crippen LogP contribution >= 0.6 is 0 Å². The molecule has 0 saturated carbocycles. The van der Waals surface area contributed by atoms with E-state index in [-0.39, 0.29) is 0 Å². The van der Waals surface area contributed by atoms with Gasteiger partial charge in [0.05, 0.1) is 13.2 Å². The minimum Gasteiger partial charge on any atom is -0.368 e. The minimum atomic E-state index is 0.653. The molecular formula is C7H11NO3. The Hall–Kier alpha value is -0.840. The molecule has 4 nitrogen and oxygen atoms in total. The molecule has 1 aliphatic rings. The first-order valence-electron chi connectivity index (χ1n) is 3.49. The maximum Gasteiger partial charge on any atom is 0.0877 e. The van der Waals surface area contributed by atoms with Crippen LogP contribution in [-0.4, -0.2) is 18.2 Å². The molecule has 1 N–H and O–H groups in total. The second-order valence-corrected chi connectivity index (χ2v) is 1.95. The van der Waals surface area contributed by atoms with E-state index in [1.165, 1.54) is 0 Å². The molecule has 0 aromatic carbocycles. The highest BCUT2D eigenvalue weighted by Crippen LogP contribution is 1.93. The first-order valence-corrected chi connectivity index (χ1v) is 3.49. The minimum absolute atomic E-state index is 0.653. The Morgan fingerprint density at radius 3 is 1.82 bits per heavy atom. The molecule has 1 fully saturated rings. The molecule has 0 bridgehead atoms. The maximum absolute atomic E-state index is 4.35. The van der Waals surface area contributed by atoms with Gasteiger partial charge in [-0.15, -0.1) is 0 Å². The monoisotopic (exact) mass is 157 g/mol. The Kier molecular flexibility index (Phi) is 4.44. The Morgan fingerprint density at radius 2 is 1.64 bits per heavy atom. The molecule has 0 spiro atoms. The summed E-state index contributed by atoms with van der Waals surface area (Å²) >= 11 is 0. The van der Waals surface area contributed by atoms with Crippen molar-refractivity contribution < 1.29 is 14.8 Å². The van der Waals surface area contributed by atoms with Gasteiger partial charge in [0, 0.05) is 18.8 Å². The molecule has 0 radical (unpaired) electrons. The summed E-state index contributed by atoms with van der Waals surface area (Å²) in [6, 6.07) is 3.89. The van der Waals surface area contributed by atoms with Crippen LogP contribution in [0.2, 0.25) is 0 Å². The number of hydrogen-bond acceptors (Lipinski definition) is 3. The summed E-state index contributed by atoms with van der Waals surface area (Å²) in [4.78, 5) is 11.6. The molecule has 11 heavy (non-hydrogen) atoms. The zero-order chi connectivity index (χ0) is 7.78. The van der Waals surface area contributed by atoms with E-state index in [0.29, 0.717) is 13.2 Å². The number of H-pyrrole nitrogens is 1. The van der Waals surface area contributed by atoms with E-state index in [2.05, 4.69) is 19.8 Å². The number of rotatable bonds is 0. The molecule has 1 saturated heterocycles. The number of nitrogens with one attached hydrogen (secondary N) is 1.